The molecular weight excluding hydrogens is 264 g/mol. The predicted octanol–water partition coefficient (Wildman–Crippen LogP) is 1.49. The van der Waals surface area contributed by atoms with Gasteiger partial charge in [0.15, 0.2) is 0 Å². The summed E-state index contributed by atoms with van der Waals surface area (Å²) in [7, 11) is 2.00. The Kier molecular flexibility index (Phi) is 3.05. The van der Waals surface area contributed by atoms with E-state index >= 15 is 0 Å². The number of hydrogen-bond acceptors (Lipinski definition) is 4. The lowest BCUT2D eigenvalue weighted by molar-refractivity contribution is -0.116. The van der Waals surface area contributed by atoms with Crippen LogP contribution in [-0.4, -0.2) is 39.4 Å². The first-order valence-electron chi connectivity index (χ1n) is 7.54. The normalized spacial score (nSPS) is 25.4. The predicted molar refractivity (Wildman–Crippen MR) is 78.7 cm³/mol. The molecule has 0 N–H and O–H groups in total. The molecule has 1 aliphatic heterocycles. The van der Waals surface area contributed by atoms with Gasteiger partial charge >= 0.3 is 0 Å². The zero-order valence-corrected chi connectivity index (χ0v) is 12.3. The Balaban J connectivity index is 1.58. The first kappa shape index (κ1) is 13.0. The van der Waals surface area contributed by atoms with E-state index in [0.29, 0.717) is 0 Å². The van der Waals surface area contributed by atoms with Gasteiger partial charge in [0.2, 0.25) is 0 Å². The molecule has 2 heterocycles. The third-order valence-electron chi connectivity index (χ3n) is 4.74. The minimum absolute atomic E-state index is 0.118. The number of aryl methyl sites for hydroxylation is 2. The lowest BCUT2D eigenvalue weighted by Gasteiger charge is -2.41. The quantitative estimate of drug-likeness (QED) is 0.838. The maximum Gasteiger partial charge on any atom is 0.146 e. The maximum absolute atomic E-state index is 6.25. The van der Waals surface area contributed by atoms with Crippen LogP contribution in [0.25, 0.3) is 0 Å². The molecular formula is C16H20N4O. The molecule has 1 aromatic heterocycles. The summed E-state index contributed by atoms with van der Waals surface area (Å²) >= 11 is 0. The second kappa shape index (κ2) is 4.93. The number of benzene rings is 1. The summed E-state index contributed by atoms with van der Waals surface area (Å²) in [5.41, 5.74) is 2.71. The molecule has 1 saturated heterocycles. The highest BCUT2D eigenvalue weighted by Gasteiger charge is 2.43. The van der Waals surface area contributed by atoms with E-state index in [9.17, 15) is 0 Å². The van der Waals surface area contributed by atoms with E-state index in [4.69, 9.17) is 4.74 Å². The largest absolute Gasteiger partial charge is 0.368 e. The van der Waals surface area contributed by atoms with Crippen molar-refractivity contribution in [3.05, 3.63) is 47.5 Å². The van der Waals surface area contributed by atoms with Gasteiger partial charge in [0.1, 0.15) is 17.8 Å². The second-order valence-corrected chi connectivity index (χ2v) is 6.07. The van der Waals surface area contributed by atoms with E-state index in [1.165, 1.54) is 11.1 Å². The minimum atomic E-state index is -0.118. The van der Waals surface area contributed by atoms with Crippen molar-refractivity contribution < 1.29 is 4.74 Å². The number of aromatic nitrogens is 3. The van der Waals surface area contributed by atoms with Gasteiger partial charge in [-0.2, -0.15) is 0 Å². The Morgan fingerprint density at radius 3 is 3.10 bits per heavy atom. The monoisotopic (exact) mass is 284 g/mol. The van der Waals surface area contributed by atoms with Gasteiger partial charge in [-0.05, 0) is 24.0 Å². The fraction of sp³-hybridized carbons (Fsp3) is 0.500. The van der Waals surface area contributed by atoms with Crippen LogP contribution in [0.15, 0.2) is 30.6 Å². The number of hydrogen-bond donors (Lipinski definition) is 0. The third-order valence-corrected chi connectivity index (χ3v) is 4.74. The average Bonchev–Trinajstić information content (AvgIpc) is 3.06. The van der Waals surface area contributed by atoms with E-state index in [2.05, 4.69) is 39.4 Å². The molecule has 1 spiro atoms. The summed E-state index contributed by atoms with van der Waals surface area (Å²) in [6.07, 6.45) is 3.96. The van der Waals surface area contributed by atoms with Gasteiger partial charge in [-0.3, -0.25) is 4.90 Å². The zero-order valence-electron chi connectivity index (χ0n) is 12.3. The number of morpholine rings is 1. The van der Waals surface area contributed by atoms with Gasteiger partial charge in [-0.15, -0.1) is 10.2 Å². The van der Waals surface area contributed by atoms with E-state index in [1.807, 2.05) is 11.6 Å². The Morgan fingerprint density at radius 1 is 1.33 bits per heavy atom. The smallest absolute Gasteiger partial charge is 0.146 e. The molecule has 5 heteroatoms. The summed E-state index contributed by atoms with van der Waals surface area (Å²) in [5, 5.41) is 8.17. The molecule has 110 valence electrons. The number of fused-ring (bicyclic) bond motifs is 2. The topological polar surface area (TPSA) is 43.2 Å². The van der Waals surface area contributed by atoms with Crippen molar-refractivity contribution in [1.82, 2.24) is 19.7 Å². The zero-order chi connectivity index (χ0) is 14.3. The summed E-state index contributed by atoms with van der Waals surface area (Å²) in [5.74, 6) is 1.01. The average molecular weight is 284 g/mol. The summed E-state index contributed by atoms with van der Waals surface area (Å²) < 4.78 is 8.24. The van der Waals surface area contributed by atoms with Gasteiger partial charge in [-0.25, -0.2) is 0 Å². The molecule has 0 amide bonds. The Morgan fingerprint density at radius 2 is 2.24 bits per heavy atom. The van der Waals surface area contributed by atoms with Crippen molar-refractivity contribution in [2.45, 2.75) is 25.0 Å². The molecule has 21 heavy (non-hydrogen) atoms. The molecule has 2 aromatic rings. The highest BCUT2D eigenvalue weighted by atomic mass is 16.5. The van der Waals surface area contributed by atoms with Crippen molar-refractivity contribution in [1.29, 1.82) is 0 Å². The first-order valence-corrected chi connectivity index (χ1v) is 7.54. The van der Waals surface area contributed by atoms with Crippen molar-refractivity contribution in [3.63, 3.8) is 0 Å². The van der Waals surface area contributed by atoms with Crippen LogP contribution in [0.2, 0.25) is 0 Å². The van der Waals surface area contributed by atoms with Gasteiger partial charge < -0.3 is 9.30 Å². The van der Waals surface area contributed by atoms with Crippen LogP contribution in [0.5, 0.6) is 0 Å². The Bertz CT molecular complexity index is 649. The van der Waals surface area contributed by atoms with E-state index < -0.39 is 0 Å². The van der Waals surface area contributed by atoms with E-state index in [-0.39, 0.29) is 5.60 Å². The molecule has 2 aliphatic rings. The molecule has 1 fully saturated rings. The third kappa shape index (κ3) is 2.17. The van der Waals surface area contributed by atoms with Crippen molar-refractivity contribution in [3.8, 4) is 0 Å². The van der Waals surface area contributed by atoms with Crippen molar-refractivity contribution >= 4 is 0 Å². The van der Waals surface area contributed by atoms with Crippen molar-refractivity contribution in [2.75, 3.05) is 19.7 Å². The van der Waals surface area contributed by atoms with Gasteiger partial charge in [0.25, 0.3) is 0 Å². The first-order chi connectivity index (χ1) is 10.3. The van der Waals surface area contributed by atoms with Crippen LogP contribution in [-0.2, 0) is 30.4 Å². The van der Waals surface area contributed by atoms with Crippen molar-refractivity contribution in [2.24, 2.45) is 7.05 Å². The highest BCUT2D eigenvalue weighted by molar-refractivity contribution is 5.38. The van der Waals surface area contributed by atoms with Crippen LogP contribution >= 0.6 is 0 Å². The van der Waals surface area contributed by atoms with Crippen LogP contribution in [0, 0.1) is 0 Å². The van der Waals surface area contributed by atoms with Gasteiger partial charge in [0.05, 0.1) is 13.2 Å². The molecule has 5 nitrogen and oxygen atoms in total. The lowest BCUT2D eigenvalue weighted by atomic mass is 9.93. The Labute approximate surface area is 124 Å². The molecule has 0 radical (unpaired) electrons. The second-order valence-electron chi connectivity index (χ2n) is 6.07. The molecule has 1 atom stereocenters. The molecule has 0 bridgehead atoms. The lowest BCUT2D eigenvalue weighted by Crippen LogP contribution is -2.48. The molecule has 1 unspecified atom stereocenters. The van der Waals surface area contributed by atoms with Gasteiger partial charge in [0, 0.05) is 20.1 Å². The fourth-order valence-corrected chi connectivity index (χ4v) is 3.61. The molecule has 4 rings (SSSR count). The molecule has 1 aromatic carbocycles. The molecule has 0 saturated carbocycles. The van der Waals surface area contributed by atoms with Crippen LogP contribution < -0.4 is 0 Å². The van der Waals surface area contributed by atoms with Crippen LogP contribution in [0.1, 0.15) is 23.4 Å². The summed E-state index contributed by atoms with van der Waals surface area (Å²) in [4.78, 5) is 2.44. The highest BCUT2D eigenvalue weighted by Crippen LogP contribution is 2.42. The number of rotatable bonds is 2. The van der Waals surface area contributed by atoms with Gasteiger partial charge in [-0.1, -0.05) is 24.3 Å². The molecule has 1 aliphatic carbocycles. The standard InChI is InChI=1S/C16H20N4O/c1-19-12-17-18-15(19)10-20-8-9-21-16(11-20)7-6-13-4-2-3-5-14(13)16/h2-5,12H,6-11H2,1H3. The van der Waals surface area contributed by atoms with E-state index in [1.54, 1.807) is 6.33 Å². The summed E-state index contributed by atoms with van der Waals surface area (Å²) in [6.45, 7) is 3.52. The summed E-state index contributed by atoms with van der Waals surface area (Å²) in [6, 6.07) is 8.71. The maximum atomic E-state index is 6.25. The minimum Gasteiger partial charge on any atom is -0.368 e. The number of ether oxygens (including phenoxy) is 1. The van der Waals surface area contributed by atoms with E-state index in [0.717, 1.165) is 44.9 Å². The Hall–Kier alpha value is -1.72. The fourth-order valence-electron chi connectivity index (χ4n) is 3.61. The van der Waals surface area contributed by atoms with Crippen LogP contribution in [0.4, 0.5) is 0 Å². The van der Waals surface area contributed by atoms with Crippen LogP contribution in [0.3, 0.4) is 0 Å². The number of nitrogens with zero attached hydrogens (tertiary/aromatic N) is 4. The SMILES string of the molecule is Cn1cnnc1CN1CCOC2(CCc3ccccc32)C1.